The first-order valence-corrected chi connectivity index (χ1v) is 4.82. The molecule has 0 radical (unpaired) electrons. The standard InChI is InChI=1S/C9H19N3O.ClH/c1-6(2)8(11)9(13)12-4-3-7(10)5-12;/h6-8H,3-5,10-11H2,1-2H3;1H/t7-,8+;/m1./s1. The topological polar surface area (TPSA) is 72.4 Å². The second-order valence-corrected chi connectivity index (χ2v) is 4.10. The van der Waals surface area contributed by atoms with Gasteiger partial charge >= 0.3 is 0 Å². The lowest BCUT2D eigenvalue weighted by molar-refractivity contribution is -0.132. The Balaban J connectivity index is 0.00000169. The summed E-state index contributed by atoms with van der Waals surface area (Å²) < 4.78 is 0. The molecule has 0 aromatic rings. The molecule has 4 N–H and O–H groups in total. The second kappa shape index (κ2) is 5.53. The SMILES string of the molecule is CC(C)[C@H](N)C(=O)N1CC[C@@H](N)C1.Cl. The maximum absolute atomic E-state index is 11.7. The van der Waals surface area contributed by atoms with Crippen molar-refractivity contribution in [1.29, 1.82) is 0 Å². The Morgan fingerprint density at radius 1 is 1.50 bits per heavy atom. The molecule has 1 rings (SSSR count). The molecule has 0 aromatic carbocycles. The summed E-state index contributed by atoms with van der Waals surface area (Å²) in [5, 5.41) is 0. The van der Waals surface area contributed by atoms with Crippen LogP contribution in [0.3, 0.4) is 0 Å². The normalized spacial score (nSPS) is 23.5. The molecular formula is C9H20ClN3O. The van der Waals surface area contributed by atoms with Gasteiger partial charge < -0.3 is 16.4 Å². The van der Waals surface area contributed by atoms with Crippen molar-refractivity contribution in [3.05, 3.63) is 0 Å². The molecule has 2 atom stereocenters. The molecule has 14 heavy (non-hydrogen) atoms. The van der Waals surface area contributed by atoms with E-state index in [1.165, 1.54) is 0 Å². The molecule has 0 saturated carbocycles. The first-order chi connectivity index (χ1) is 6.02. The van der Waals surface area contributed by atoms with Gasteiger partial charge in [-0.2, -0.15) is 0 Å². The number of carbonyl (C=O) groups is 1. The smallest absolute Gasteiger partial charge is 0.239 e. The van der Waals surface area contributed by atoms with Gasteiger partial charge in [-0.05, 0) is 12.3 Å². The van der Waals surface area contributed by atoms with Crippen LogP contribution in [-0.2, 0) is 4.79 Å². The maximum Gasteiger partial charge on any atom is 0.239 e. The van der Waals surface area contributed by atoms with E-state index in [0.717, 1.165) is 13.0 Å². The average molecular weight is 222 g/mol. The Hall–Kier alpha value is -0.320. The molecule has 4 nitrogen and oxygen atoms in total. The molecule has 1 fully saturated rings. The lowest BCUT2D eigenvalue weighted by atomic mass is 10.0. The summed E-state index contributed by atoms with van der Waals surface area (Å²) in [7, 11) is 0. The average Bonchev–Trinajstić information content (AvgIpc) is 2.49. The van der Waals surface area contributed by atoms with Gasteiger partial charge in [-0.3, -0.25) is 4.79 Å². The summed E-state index contributed by atoms with van der Waals surface area (Å²) >= 11 is 0. The molecule has 0 aliphatic carbocycles. The van der Waals surface area contributed by atoms with Crippen LogP contribution < -0.4 is 11.5 Å². The molecule has 1 saturated heterocycles. The number of rotatable bonds is 2. The van der Waals surface area contributed by atoms with Crippen molar-refractivity contribution < 1.29 is 4.79 Å². The van der Waals surface area contributed by atoms with Gasteiger partial charge in [0.25, 0.3) is 0 Å². The van der Waals surface area contributed by atoms with Crippen molar-refractivity contribution in [2.75, 3.05) is 13.1 Å². The number of halogens is 1. The molecule has 0 bridgehead atoms. The number of carbonyl (C=O) groups excluding carboxylic acids is 1. The van der Waals surface area contributed by atoms with Crippen LogP contribution in [0.1, 0.15) is 20.3 Å². The van der Waals surface area contributed by atoms with E-state index >= 15 is 0 Å². The molecule has 0 spiro atoms. The van der Waals surface area contributed by atoms with E-state index < -0.39 is 0 Å². The number of hydrogen-bond acceptors (Lipinski definition) is 3. The van der Waals surface area contributed by atoms with Crippen LogP contribution in [0.4, 0.5) is 0 Å². The molecule has 1 aliphatic heterocycles. The van der Waals surface area contributed by atoms with Gasteiger partial charge in [-0.1, -0.05) is 13.8 Å². The van der Waals surface area contributed by atoms with E-state index in [2.05, 4.69) is 0 Å². The molecule has 84 valence electrons. The highest BCUT2D eigenvalue weighted by atomic mass is 35.5. The summed E-state index contributed by atoms with van der Waals surface area (Å²) in [6.07, 6.45) is 0.899. The highest BCUT2D eigenvalue weighted by molar-refractivity contribution is 5.85. The Morgan fingerprint density at radius 2 is 2.07 bits per heavy atom. The lowest BCUT2D eigenvalue weighted by Gasteiger charge is -2.22. The van der Waals surface area contributed by atoms with E-state index in [9.17, 15) is 4.79 Å². The minimum absolute atomic E-state index is 0. The minimum Gasteiger partial charge on any atom is -0.340 e. The van der Waals surface area contributed by atoms with E-state index in [1.807, 2.05) is 13.8 Å². The number of nitrogens with zero attached hydrogens (tertiary/aromatic N) is 1. The number of hydrogen-bond donors (Lipinski definition) is 2. The summed E-state index contributed by atoms with van der Waals surface area (Å²) in [5.41, 5.74) is 11.5. The van der Waals surface area contributed by atoms with Crippen LogP contribution in [0.25, 0.3) is 0 Å². The van der Waals surface area contributed by atoms with Crippen LogP contribution in [0.2, 0.25) is 0 Å². The first-order valence-electron chi connectivity index (χ1n) is 4.82. The van der Waals surface area contributed by atoms with Crippen LogP contribution in [0, 0.1) is 5.92 Å². The van der Waals surface area contributed by atoms with Gasteiger partial charge in [-0.25, -0.2) is 0 Å². The van der Waals surface area contributed by atoms with E-state index in [1.54, 1.807) is 4.90 Å². The zero-order valence-electron chi connectivity index (χ0n) is 8.77. The van der Waals surface area contributed by atoms with Crippen LogP contribution in [-0.4, -0.2) is 36.0 Å². The fourth-order valence-corrected chi connectivity index (χ4v) is 1.48. The Kier molecular flexibility index (Phi) is 5.41. The molecule has 0 unspecified atom stereocenters. The minimum atomic E-state index is -0.370. The molecule has 0 aromatic heterocycles. The molecular weight excluding hydrogens is 202 g/mol. The van der Waals surface area contributed by atoms with Crippen LogP contribution in [0.15, 0.2) is 0 Å². The van der Waals surface area contributed by atoms with Crippen molar-refractivity contribution in [3.63, 3.8) is 0 Å². The summed E-state index contributed by atoms with van der Waals surface area (Å²) in [5.74, 6) is 0.243. The summed E-state index contributed by atoms with van der Waals surface area (Å²) in [6.45, 7) is 5.34. The molecule has 1 amide bonds. The highest BCUT2D eigenvalue weighted by Crippen LogP contribution is 2.10. The first kappa shape index (κ1) is 13.7. The van der Waals surface area contributed by atoms with Gasteiger partial charge in [-0.15, -0.1) is 12.4 Å². The Bertz CT molecular complexity index is 198. The summed E-state index contributed by atoms with van der Waals surface area (Å²) in [4.78, 5) is 13.5. The van der Waals surface area contributed by atoms with Crippen molar-refractivity contribution in [3.8, 4) is 0 Å². The molecule has 1 aliphatic rings. The molecule has 5 heteroatoms. The number of likely N-dealkylation sites (tertiary alicyclic amines) is 1. The maximum atomic E-state index is 11.7. The predicted molar refractivity (Wildman–Crippen MR) is 59.2 cm³/mol. The van der Waals surface area contributed by atoms with Crippen molar-refractivity contribution in [1.82, 2.24) is 4.90 Å². The molecule has 1 heterocycles. The largest absolute Gasteiger partial charge is 0.340 e. The lowest BCUT2D eigenvalue weighted by Crippen LogP contribution is -2.46. The van der Waals surface area contributed by atoms with Gasteiger partial charge in [0.15, 0.2) is 0 Å². The van der Waals surface area contributed by atoms with E-state index in [-0.39, 0.29) is 36.3 Å². The second-order valence-electron chi connectivity index (χ2n) is 4.10. The monoisotopic (exact) mass is 221 g/mol. The quantitative estimate of drug-likeness (QED) is 0.687. The van der Waals surface area contributed by atoms with E-state index in [4.69, 9.17) is 11.5 Å². The predicted octanol–water partition coefficient (Wildman–Crippen LogP) is -0.0489. The fourth-order valence-electron chi connectivity index (χ4n) is 1.48. The van der Waals surface area contributed by atoms with Gasteiger partial charge in [0.05, 0.1) is 6.04 Å². The third kappa shape index (κ3) is 3.12. The van der Waals surface area contributed by atoms with E-state index in [0.29, 0.717) is 6.54 Å². The van der Waals surface area contributed by atoms with Gasteiger partial charge in [0, 0.05) is 19.1 Å². The third-order valence-electron chi connectivity index (χ3n) is 2.54. The fraction of sp³-hybridized carbons (Fsp3) is 0.889. The zero-order valence-corrected chi connectivity index (χ0v) is 9.59. The van der Waals surface area contributed by atoms with Crippen molar-refractivity contribution in [2.24, 2.45) is 17.4 Å². The highest BCUT2D eigenvalue weighted by Gasteiger charge is 2.28. The van der Waals surface area contributed by atoms with Crippen molar-refractivity contribution >= 4 is 18.3 Å². The third-order valence-corrected chi connectivity index (χ3v) is 2.54. The zero-order chi connectivity index (χ0) is 10.0. The van der Waals surface area contributed by atoms with Crippen LogP contribution >= 0.6 is 12.4 Å². The summed E-state index contributed by atoms with van der Waals surface area (Å²) in [6, 6.07) is -0.228. The van der Waals surface area contributed by atoms with Gasteiger partial charge in [0.1, 0.15) is 0 Å². The number of nitrogens with two attached hydrogens (primary N) is 2. The van der Waals surface area contributed by atoms with Gasteiger partial charge in [0.2, 0.25) is 5.91 Å². The Morgan fingerprint density at radius 3 is 2.43 bits per heavy atom. The van der Waals surface area contributed by atoms with Crippen molar-refractivity contribution in [2.45, 2.75) is 32.4 Å². The van der Waals surface area contributed by atoms with Crippen LogP contribution in [0.5, 0.6) is 0 Å². The number of amides is 1. The Labute approximate surface area is 91.4 Å².